The van der Waals surface area contributed by atoms with Gasteiger partial charge in [0.2, 0.25) is 0 Å². The third-order valence-corrected chi connectivity index (χ3v) is 4.08. The van der Waals surface area contributed by atoms with E-state index >= 15 is 0 Å². The van der Waals surface area contributed by atoms with Crippen molar-refractivity contribution in [2.24, 2.45) is 5.92 Å². The summed E-state index contributed by atoms with van der Waals surface area (Å²) in [5, 5.41) is 0. The van der Waals surface area contributed by atoms with E-state index in [0.717, 1.165) is 11.6 Å². The second-order valence-electron chi connectivity index (χ2n) is 5.65. The zero-order valence-electron chi connectivity index (χ0n) is 11.3. The standard InChI is InChI=1S/C18H21N/c19-17-8-4-7-16(13-17)18(12-11-14-9-10-14)15-5-2-1-3-6-15/h1-8,13-14,18H,9-12,19H2. The SMILES string of the molecule is Nc1cccc(C(CCC2CC2)c2ccccc2)c1. The first-order chi connectivity index (χ1) is 9.33. The Morgan fingerprint density at radius 2 is 1.68 bits per heavy atom. The lowest BCUT2D eigenvalue weighted by molar-refractivity contribution is 0.614. The first-order valence-electron chi connectivity index (χ1n) is 7.23. The molecule has 0 saturated heterocycles. The zero-order valence-corrected chi connectivity index (χ0v) is 11.3. The Morgan fingerprint density at radius 3 is 2.37 bits per heavy atom. The van der Waals surface area contributed by atoms with Crippen LogP contribution in [0.25, 0.3) is 0 Å². The summed E-state index contributed by atoms with van der Waals surface area (Å²) >= 11 is 0. The van der Waals surface area contributed by atoms with Gasteiger partial charge in [-0.05, 0) is 42.0 Å². The Labute approximate surface area is 115 Å². The van der Waals surface area contributed by atoms with Crippen LogP contribution in [0.4, 0.5) is 5.69 Å². The molecule has 1 aliphatic carbocycles. The molecule has 1 heteroatoms. The van der Waals surface area contributed by atoms with Crippen LogP contribution in [-0.2, 0) is 0 Å². The highest BCUT2D eigenvalue weighted by atomic mass is 14.5. The Bertz CT molecular complexity index is 528. The molecule has 0 heterocycles. The van der Waals surface area contributed by atoms with Crippen molar-refractivity contribution in [3.8, 4) is 0 Å². The molecule has 1 unspecified atom stereocenters. The number of nitrogen functional groups attached to an aromatic ring is 1. The van der Waals surface area contributed by atoms with Crippen LogP contribution >= 0.6 is 0 Å². The minimum atomic E-state index is 0.491. The molecule has 2 N–H and O–H groups in total. The normalized spacial score (nSPS) is 16.2. The highest BCUT2D eigenvalue weighted by Gasteiger charge is 2.23. The summed E-state index contributed by atoms with van der Waals surface area (Å²) < 4.78 is 0. The minimum absolute atomic E-state index is 0.491. The van der Waals surface area contributed by atoms with E-state index in [0.29, 0.717) is 5.92 Å². The van der Waals surface area contributed by atoms with Gasteiger partial charge in [-0.2, -0.15) is 0 Å². The Morgan fingerprint density at radius 1 is 0.947 bits per heavy atom. The van der Waals surface area contributed by atoms with Gasteiger partial charge >= 0.3 is 0 Å². The average molecular weight is 251 g/mol. The third-order valence-electron chi connectivity index (χ3n) is 4.08. The molecule has 0 bridgehead atoms. The Kier molecular flexibility index (Phi) is 3.54. The maximum atomic E-state index is 5.94. The molecule has 0 amide bonds. The lowest BCUT2D eigenvalue weighted by Gasteiger charge is -2.18. The zero-order chi connectivity index (χ0) is 13.1. The van der Waals surface area contributed by atoms with Gasteiger partial charge in [0.15, 0.2) is 0 Å². The molecule has 1 fully saturated rings. The molecule has 1 nitrogen and oxygen atoms in total. The van der Waals surface area contributed by atoms with Crippen LogP contribution in [0, 0.1) is 5.92 Å². The van der Waals surface area contributed by atoms with Crippen LogP contribution in [0.2, 0.25) is 0 Å². The van der Waals surface area contributed by atoms with E-state index in [-0.39, 0.29) is 0 Å². The lowest BCUT2D eigenvalue weighted by atomic mass is 9.86. The summed E-state index contributed by atoms with van der Waals surface area (Å²) in [6.07, 6.45) is 5.43. The predicted octanol–water partition coefficient (Wildman–Crippen LogP) is 4.59. The molecule has 1 atom stereocenters. The van der Waals surface area contributed by atoms with Crippen LogP contribution in [-0.4, -0.2) is 0 Å². The fourth-order valence-corrected chi connectivity index (χ4v) is 2.80. The van der Waals surface area contributed by atoms with Crippen molar-refractivity contribution in [2.45, 2.75) is 31.6 Å². The van der Waals surface area contributed by atoms with Crippen molar-refractivity contribution in [1.82, 2.24) is 0 Å². The van der Waals surface area contributed by atoms with Crippen molar-refractivity contribution in [1.29, 1.82) is 0 Å². The van der Waals surface area contributed by atoms with Gasteiger partial charge in [-0.3, -0.25) is 0 Å². The number of anilines is 1. The van der Waals surface area contributed by atoms with Gasteiger partial charge in [0.05, 0.1) is 0 Å². The molecule has 19 heavy (non-hydrogen) atoms. The van der Waals surface area contributed by atoms with Crippen LogP contribution in [0.5, 0.6) is 0 Å². The van der Waals surface area contributed by atoms with Gasteiger partial charge in [-0.1, -0.05) is 55.3 Å². The molecule has 2 aromatic rings. The van der Waals surface area contributed by atoms with E-state index in [1.807, 2.05) is 6.07 Å². The fourth-order valence-electron chi connectivity index (χ4n) is 2.80. The van der Waals surface area contributed by atoms with Crippen molar-refractivity contribution in [3.63, 3.8) is 0 Å². The van der Waals surface area contributed by atoms with Gasteiger partial charge < -0.3 is 5.73 Å². The topological polar surface area (TPSA) is 26.0 Å². The second kappa shape index (κ2) is 5.48. The van der Waals surface area contributed by atoms with Crippen LogP contribution in [0.15, 0.2) is 54.6 Å². The van der Waals surface area contributed by atoms with Gasteiger partial charge in [0.1, 0.15) is 0 Å². The van der Waals surface area contributed by atoms with Crippen molar-refractivity contribution < 1.29 is 0 Å². The fraction of sp³-hybridized carbons (Fsp3) is 0.333. The van der Waals surface area contributed by atoms with E-state index < -0.39 is 0 Å². The molecule has 2 aromatic carbocycles. The van der Waals surface area contributed by atoms with E-state index in [4.69, 9.17) is 5.73 Å². The number of benzene rings is 2. The maximum Gasteiger partial charge on any atom is 0.0316 e. The first kappa shape index (κ1) is 12.3. The van der Waals surface area contributed by atoms with Crippen LogP contribution in [0.3, 0.4) is 0 Å². The molecule has 3 rings (SSSR count). The predicted molar refractivity (Wildman–Crippen MR) is 81.1 cm³/mol. The highest BCUT2D eigenvalue weighted by Crippen LogP contribution is 2.38. The molecule has 0 aliphatic heterocycles. The molecule has 98 valence electrons. The molecule has 1 aliphatic rings. The van der Waals surface area contributed by atoms with E-state index in [9.17, 15) is 0 Å². The highest BCUT2D eigenvalue weighted by molar-refractivity contribution is 5.44. The molecule has 0 radical (unpaired) electrons. The quantitative estimate of drug-likeness (QED) is 0.773. The van der Waals surface area contributed by atoms with Gasteiger partial charge in [0.25, 0.3) is 0 Å². The van der Waals surface area contributed by atoms with Crippen LogP contribution < -0.4 is 5.73 Å². The van der Waals surface area contributed by atoms with Crippen LogP contribution in [0.1, 0.15) is 42.7 Å². The smallest absolute Gasteiger partial charge is 0.0316 e. The summed E-state index contributed by atoms with van der Waals surface area (Å²) in [5.41, 5.74) is 9.57. The third kappa shape index (κ3) is 3.17. The maximum absolute atomic E-state index is 5.94. The lowest BCUT2D eigenvalue weighted by Crippen LogP contribution is -2.02. The van der Waals surface area contributed by atoms with Gasteiger partial charge in [-0.25, -0.2) is 0 Å². The number of hydrogen-bond donors (Lipinski definition) is 1. The summed E-state index contributed by atoms with van der Waals surface area (Å²) in [7, 11) is 0. The number of hydrogen-bond acceptors (Lipinski definition) is 1. The molecule has 1 saturated carbocycles. The molecular formula is C18H21N. The van der Waals surface area contributed by atoms with E-state index in [1.54, 1.807) is 0 Å². The average Bonchev–Trinajstić information content (AvgIpc) is 3.25. The van der Waals surface area contributed by atoms with Crippen molar-refractivity contribution in [3.05, 3.63) is 65.7 Å². The summed E-state index contributed by atoms with van der Waals surface area (Å²) in [6.45, 7) is 0. The van der Waals surface area contributed by atoms with Crippen molar-refractivity contribution in [2.75, 3.05) is 5.73 Å². The van der Waals surface area contributed by atoms with E-state index in [1.165, 1.54) is 36.8 Å². The van der Waals surface area contributed by atoms with Gasteiger partial charge in [0, 0.05) is 11.6 Å². The molecule has 0 aromatic heterocycles. The number of nitrogens with two attached hydrogens (primary N) is 1. The van der Waals surface area contributed by atoms with Gasteiger partial charge in [-0.15, -0.1) is 0 Å². The first-order valence-corrected chi connectivity index (χ1v) is 7.23. The molecular weight excluding hydrogens is 230 g/mol. The number of rotatable bonds is 5. The summed E-state index contributed by atoms with van der Waals surface area (Å²) in [5.74, 6) is 1.47. The van der Waals surface area contributed by atoms with E-state index in [2.05, 4.69) is 48.5 Å². The monoisotopic (exact) mass is 251 g/mol. The summed E-state index contributed by atoms with van der Waals surface area (Å²) in [6, 6.07) is 19.2. The second-order valence-corrected chi connectivity index (χ2v) is 5.65. The molecule has 0 spiro atoms. The minimum Gasteiger partial charge on any atom is -0.399 e. The Balaban J connectivity index is 1.86. The summed E-state index contributed by atoms with van der Waals surface area (Å²) in [4.78, 5) is 0. The van der Waals surface area contributed by atoms with Crippen molar-refractivity contribution >= 4 is 5.69 Å². The largest absolute Gasteiger partial charge is 0.399 e. The Hall–Kier alpha value is -1.76.